The standard InChI is InChI=1S/C29H35NO10/c1-19(31)12-13-25(32)39-20(2)40-28(34)30-15-9-14-29(30,22-10-7-6-8-11-22)18-38-27(33)21-16-23(35-3)26(37-5)24(17-21)36-4/h6-8,10-11,16-17,20H,9,12-15,18H2,1-5H3. The molecule has 0 saturated carbocycles. The number of ketones is 1. The van der Waals surface area contributed by atoms with Crippen LogP contribution in [0.25, 0.3) is 0 Å². The Kier molecular flexibility index (Phi) is 10.4. The normalized spacial score (nSPS) is 17.0. The molecule has 1 aliphatic rings. The smallest absolute Gasteiger partial charge is 0.413 e. The monoisotopic (exact) mass is 557 g/mol. The van der Waals surface area contributed by atoms with Crippen LogP contribution in [0.2, 0.25) is 0 Å². The van der Waals surface area contributed by atoms with E-state index < -0.39 is 29.9 Å². The van der Waals surface area contributed by atoms with Gasteiger partial charge < -0.3 is 33.2 Å². The van der Waals surface area contributed by atoms with E-state index >= 15 is 0 Å². The number of nitrogens with zero attached hydrogens (tertiary/aromatic N) is 1. The summed E-state index contributed by atoms with van der Waals surface area (Å²) in [7, 11) is 4.35. The van der Waals surface area contributed by atoms with Crippen molar-refractivity contribution in [2.24, 2.45) is 0 Å². The Bertz CT molecular complexity index is 1190. The van der Waals surface area contributed by atoms with Gasteiger partial charge in [-0.15, -0.1) is 0 Å². The lowest BCUT2D eigenvalue weighted by molar-refractivity contribution is -0.167. The summed E-state index contributed by atoms with van der Waals surface area (Å²) in [6.45, 7) is 2.98. The highest BCUT2D eigenvalue weighted by Gasteiger charge is 2.47. The first-order valence-corrected chi connectivity index (χ1v) is 12.8. The zero-order valence-electron chi connectivity index (χ0n) is 23.4. The van der Waals surface area contributed by atoms with Gasteiger partial charge in [-0.2, -0.15) is 0 Å². The molecule has 216 valence electrons. The lowest BCUT2D eigenvalue weighted by Crippen LogP contribution is -2.49. The first kappa shape index (κ1) is 30.3. The van der Waals surface area contributed by atoms with Crippen molar-refractivity contribution in [2.45, 2.75) is 51.4 Å². The van der Waals surface area contributed by atoms with E-state index in [-0.39, 0.29) is 30.8 Å². The first-order valence-electron chi connectivity index (χ1n) is 12.8. The van der Waals surface area contributed by atoms with Gasteiger partial charge in [-0.1, -0.05) is 30.3 Å². The van der Waals surface area contributed by atoms with Crippen molar-refractivity contribution >= 4 is 23.8 Å². The molecule has 0 aromatic heterocycles. The van der Waals surface area contributed by atoms with E-state index in [1.54, 1.807) is 0 Å². The third-order valence-corrected chi connectivity index (χ3v) is 6.61. The third-order valence-electron chi connectivity index (χ3n) is 6.61. The summed E-state index contributed by atoms with van der Waals surface area (Å²) in [4.78, 5) is 51.1. The number of hydrogen-bond donors (Lipinski definition) is 0. The Morgan fingerprint density at radius 2 is 1.57 bits per heavy atom. The molecule has 2 aromatic rings. The minimum atomic E-state index is -1.18. The Morgan fingerprint density at radius 1 is 0.925 bits per heavy atom. The maximum Gasteiger partial charge on any atom is 0.413 e. The molecule has 0 N–H and O–H groups in total. The van der Waals surface area contributed by atoms with Gasteiger partial charge in [0.1, 0.15) is 17.9 Å². The average molecular weight is 558 g/mol. The number of amides is 1. The maximum absolute atomic E-state index is 13.3. The minimum Gasteiger partial charge on any atom is -0.493 e. The molecule has 0 aliphatic carbocycles. The van der Waals surface area contributed by atoms with E-state index in [2.05, 4.69) is 0 Å². The van der Waals surface area contributed by atoms with Crippen LogP contribution in [0, 0.1) is 0 Å². The van der Waals surface area contributed by atoms with Crippen LogP contribution < -0.4 is 14.2 Å². The lowest BCUT2D eigenvalue weighted by Gasteiger charge is -2.38. The number of hydrogen-bond acceptors (Lipinski definition) is 10. The number of rotatable bonds is 12. The summed E-state index contributed by atoms with van der Waals surface area (Å²) in [6.07, 6.45) is -0.842. The molecule has 2 atom stereocenters. The molecule has 40 heavy (non-hydrogen) atoms. The van der Waals surface area contributed by atoms with Crippen LogP contribution in [-0.2, 0) is 29.3 Å². The molecule has 0 bridgehead atoms. The van der Waals surface area contributed by atoms with Gasteiger partial charge in [0, 0.05) is 19.9 Å². The predicted molar refractivity (Wildman–Crippen MR) is 142 cm³/mol. The Morgan fingerprint density at radius 3 is 2.15 bits per heavy atom. The molecule has 0 spiro atoms. The van der Waals surface area contributed by atoms with Crippen LogP contribution in [0.15, 0.2) is 42.5 Å². The van der Waals surface area contributed by atoms with Gasteiger partial charge in [0.05, 0.1) is 33.3 Å². The van der Waals surface area contributed by atoms with Crippen LogP contribution in [-0.4, -0.2) is 69.5 Å². The fourth-order valence-corrected chi connectivity index (χ4v) is 4.65. The molecule has 2 unspecified atom stereocenters. The molecule has 1 saturated heterocycles. The Hall–Kier alpha value is -4.28. The van der Waals surface area contributed by atoms with Gasteiger partial charge in [-0.3, -0.25) is 9.69 Å². The summed E-state index contributed by atoms with van der Waals surface area (Å²) in [5.41, 5.74) is -0.0864. The molecule has 1 heterocycles. The highest BCUT2D eigenvalue weighted by molar-refractivity contribution is 5.91. The zero-order chi connectivity index (χ0) is 29.3. The number of esters is 2. The average Bonchev–Trinajstić information content (AvgIpc) is 3.39. The van der Waals surface area contributed by atoms with Gasteiger partial charge in [0.15, 0.2) is 11.5 Å². The van der Waals surface area contributed by atoms with Crippen molar-refractivity contribution in [1.29, 1.82) is 0 Å². The molecule has 3 rings (SSSR count). The largest absolute Gasteiger partial charge is 0.493 e. The molecule has 1 amide bonds. The zero-order valence-corrected chi connectivity index (χ0v) is 23.4. The van der Waals surface area contributed by atoms with Gasteiger partial charge >= 0.3 is 18.0 Å². The van der Waals surface area contributed by atoms with E-state index in [1.165, 1.54) is 52.2 Å². The van der Waals surface area contributed by atoms with Crippen LogP contribution in [0.3, 0.4) is 0 Å². The number of carbonyl (C=O) groups is 4. The van der Waals surface area contributed by atoms with E-state index in [0.29, 0.717) is 36.6 Å². The predicted octanol–water partition coefficient (Wildman–Crippen LogP) is 4.26. The summed E-state index contributed by atoms with van der Waals surface area (Å²) in [6, 6.07) is 12.2. The van der Waals surface area contributed by atoms with Crippen molar-refractivity contribution in [3.63, 3.8) is 0 Å². The Labute approximate surface area is 233 Å². The van der Waals surface area contributed by atoms with Crippen molar-refractivity contribution in [2.75, 3.05) is 34.5 Å². The van der Waals surface area contributed by atoms with Gasteiger partial charge in [0.25, 0.3) is 0 Å². The van der Waals surface area contributed by atoms with Crippen LogP contribution in [0.1, 0.15) is 55.5 Å². The second-order valence-electron chi connectivity index (χ2n) is 9.29. The van der Waals surface area contributed by atoms with Crippen LogP contribution in [0.4, 0.5) is 4.79 Å². The molecule has 11 nitrogen and oxygen atoms in total. The molecule has 1 aliphatic heterocycles. The van der Waals surface area contributed by atoms with Crippen LogP contribution >= 0.6 is 0 Å². The molecule has 1 fully saturated rings. The second kappa shape index (κ2) is 13.7. The molecule has 0 radical (unpaired) electrons. The summed E-state index contributed by atoms with van der Waals surface area (Å²) >= 11 is 0. The highest BCUT2D eigenvalue weighted by Crippen LogP contribution is 2.41. The second-order valence-corrected chi connectivity index (χ2v) is 9.29. The van der Waals surface area contributed by atoms with E-state index in [4.69, 9.17) is 28.4 Å². The lowest BCUT2D eigenvalue weighted by atomic mass is 9.88. The summed E-state index contributed by atoms with van der Waals surface area (Å²) < 4.78 is 32.4. The fraction of sp³-hybridized carbons (Fsp3) is 0.448. The highest BCUT2D eigenvalue weighted by atomic mass is 16.7. The van der Waals surface area contributed by atoms with Gasteiger partial charge in [0.2, 0.25) is 12.0 Å². The van der Waals surface area contributed by atoms with Gasteiger partial charge in [-0.05, 0) is 37.5 Å². The van der Waals surface area contributed by atoms with Crippen molar-refractivity contribution < 1.29 is 47.6 Å². The van der Waals surface area contributed by atoms with Gasteiger partial charge in [-0.25, -0.2) is 9.59 Å². The Balaban J connectivity index is 1.81. The van der Waals surface area contributed by atoms with Crippen molar-refractivity contribution in [1.82, 2.24) is 4.90 Å². The van der Waals surface area contributed by atoms with E-state index in [9.17, 15) is 19.2 Å². The number of ether oxygens (including phenoxy) is 6. The summed E-state index contributed by atoms with van der Waals surface area (Å²) in [5, 5.41) is 0. The number of Topliss-reactive ketones (excluding diaryl/α,β-unsaturated/α-hetero) is 1. The molecular formula is C29H35NO10. The molecular weight excluding hydrogens is 522 g/mol. The number of likely N-dealkylation sites (tertiary alicyclic amines) is 1. The van der Waals surface area contributed by atoms with E-state index in [1.807, 2.05) is 30.3 Å². The molecule has 11 heteroatoms. The van der Waals surface area contributed by atoms with Crippen molar-refractivity contribution in [3.05, 3.63) is 53.6 Å². The van der Waals surface area contributed by atoms with Crippen LogP contribution in [0.5, 0.6) is 17.2 Å². The number of benzene rings is 2. The first-order chi connectivity index (χ1) is 19.1. The molecule has 2 aromatic carbocycles. The third kappa shape index (κ3) is 7.02. The topological polar surface area (TPSA) is 127 Å². The fourth-order valence-electron chi connectivity index (χ4n) is 4.65. The van der Waals surface area contributed by atoms with Crippen molar-refractivity contribution in [3.8, 4) is 17.2 Å². The summed E-state index contributed by atoms with van der Waals surface area (Å²) in [5.74, 6) is -0.516. The number of methoxy groups -OCH3 is 3. The quantitative estimate of drug-likeness (QED) is 0.276. The maximum atomic E-state index is 13.3. The minimum absolute atomic E-state index is 0.0417. The number of carbonyl (C=O) groups excluding carboxylic acids is 4. The SMILES string of the molecule is COc1cc(C(=O)OCC2(c3ccccc3)CCCN2C(=O)OC(C)OC(=O)CCC(C)=O)cc(OC)c1OC. The van der Waals surface area contributed by atoms with E-state index in [0.717, 1.165) is 5.56 Å².